The summed E-state index contributed by atoms with van der Waals surface area (Å²) in [5.74, 6) is 3.21. The van der Waals surface area contributed by atoms with Crippen LogP contribution < -0.4 is 10.6 Å². The minimum Gasteiger partial charge on any atom is -0.453 e. The van der Waals surface area contributed by atoms with E-state index < -0.39 is 24.3 Å². The fourth-order valence-electron chi connectivity index (χ4n) is 9.04. The van der Waals surface area contributed by atoms with Crippen molar-refractivity contribution in [1.29, 1.82) is 0 Å². The lowest BCUT2D eigenvalue weighted by molar-refractivity contribution is -0.136. The second kappa shape index (κ2) is 18.4. The number of aromatic nitrogens is 4. The van der Waals surface area contributed by atoms with E-state index in [0.717, 1.165) is 106 Å². The van der Waals surface area contributed by atoms with Crippen molar-refractivity contribution in [3.8, 4) is 33.6 Å². The van der Waals surface area contributed by atoms with E-state index in [1.54, 1.807) is 0 Å². The summed E-state index contributed by atoms with van der Waals surface area (Å²) in [6, 6.07) is 19.5. The zero-order chi connectivity index (χ0) is 42.6. The molecule has 4 atom stereocenters. The largest absolute Gasteiger partial charge is 0.453 e. The molecule has 0 aliphatic carbocycles. The van der Waals surface area contributed by atoms with E-state index in [9.17, 15) is 19.2 Å². The number of H-pyrrole nitrogens is 2. The first kappa shape index (κ1) is 41.9. The van der Waals surface area contributed by atoms with Gasteiger partial charge in [-0.2, -0.15) is 11.8 Å². The van der Waals surface area contributed by atoms with Crippen LogP contribution in [-0.4, -0.2) is 105 Å². The van der Waals surface area contributed by atoms with Gasteiger partial charge in [-0.15, -0.1) is 0 Å². The van der Waals surface area contributed by atoms with Crippen molar-refractivity contribution < 1.29 is 28.7 Å². The molecule has 4 N–H and O–H groups in total. The predicted molar refractivity (Wildman–Crippen MR) is 235 cm³/mol. The number of hydrogen-bond donors (Lipinski definition) is 4. The number of carbonyl (C=O) groups is 4. The Hall–Kier alpha value is -5.83. The van der Waals surface area contributed by atoms with Gasteiger partial charge in [-0.1, -0.05) is 62.4 Å². The van der Waals surface area contributed by atoms with Gasteiger partial charge in [0.2, 0.25) is 11.8 Å². The standard InChI is InChI=1S/C46H54N8O6S/c1-27(2)39(51-45(57)59-3)43(55)53-19-5-7-37(53)42-48-26-36(50-42)34-16-15-32-23-31(13-14-33(32)24-34)28-9-11-29(12-10-28)35-25-47-41(49-35)38-8-6-20-54(38)44(56)40(52-46(58)60-4)30-17-21-61-22-18-30/h9-16,23-27,30,37-40H,5-8,17-22H2,1-4H3,(H,47,49)(H,48,50)(H,51,57)(H,52,58)/t37-,38-,39?,40-/m0/s1. The molecule has 3 aliphatic rings. The summed E-state index contributed by atoms with van der Waals surface area (Å²) in [6.07, 6.45) is 7.52. The van der Waals surface area contributed by atoms with Crippen molar-refractivity contribution in [3.05, 3.63) is 84.7 Å². The SMILES string of the molecule is COC(=O)NC(C(=O)N1CCC[C@H]1c1ncc(-c2ccc3cc(-c4ccc(-c5cnc([C@@H]6CCCN6C(=O)[C@@H](NC(=O)OC)C6CCSCC6)[nH]5)cc4)ccc3c2)[nH]1)C(C)C. The normalized spacial score (nSPS) is 19.2. The monoisotopic (exact) mass is 846 g/mol. The van der Waals surface area contributed by atoms with Crippen molar-refractivity contribution in [2.24, 2.45) is 11.8 Å². The number of thioether (sulfide) groups is 1. The van der Waals surface area contributed by atoms with Crippen LogP contribution in [0.4, 0.5) is 9.59 Å². The van der Waals surface area contributed by atoms with E-state index >= 15 is 0 Å². The second-order valence-electron chi connectivity index (χ2n) is 16.5. The third-order valence-corrected chi connectivity index (χ3v) is 13.5. The number of alkyl carbamates (subject to hydrolysis) is 2. The molecule has 320 valence electrons. The molecule has 15 heteroatoms. The smallest absolute Gasteiger partial charge is 0.407 e. The molecule has 1 unspecified atom stereocenters. The van der Waals surface area contributed by atoms with Gasteiger partial charge in [0.15, 0.2) is 0 Å². The number of benzene rings is 3. The number of nitrogens with one attached hydrogen (secondary N) is 4. The molecule has 3 aromatic carbocycles. The number of rotatable bonds is 11. The molecular formula is C46H54N8O6S. The van der Waals surface area contributed by atoms with E-state index in [2.05, 4.69) is 81.3 Å². The average Bonchev–Trinajstić information content (AvgIpc) is 4.14. The summed E-state index contributed by atoms with van der Waals surface area (Å²) in [5.41, 5.74) is 5.93. The number of carbonyl (C=O) groups excluding carboxylic acids is 4. The van der Waals surface area contributed by atoms with E-state index in [1.165, 1.54) is 14.2 Å². The Kier molecular flexibility index (Phi) is 12.7. The van der Waals surface area contributed by atoms with Gasteiger partial charge in [0.1, 0.15) is 23.7 Å². The lowest BCUT2D eigenvalue weighted by atomic mass is 9.92. The van der Waals surface area contributed by atoms with Crippen molar-refractivity contribution in [2.45, 2.75) is 76.5 Å². The minimum atomic E-state index is -0.688. The van der Waals surface area contributed by atoms with Gasteiger partial charge < -0.3 is 39.9 Å². The van der Waals surface area contributed by atoms with Crippen LogP contribution in [0.5, 0.6) is 0 Å². The number of methoxy groups -OCH3 is 2. The van der Waals surface area contributed by atoms with Crippen LogP contribution in [-0.2, 0) is 19.1 Å². The molecule has 4 amide bonds. The van der Waals surface area contributed by atoms with Crippen LogP contribution in [0, 0.1) is 11.8 Å². The van der Waals surface area contributed by atoms with E-state index in [4.69, 9.17) is 19.4 Å². The molecular weight excluding hydrogens is 793 g/mol. The molecule has 3 saturated heterocycles. The highest BCUT2D eigenvalue weighted by molar-refractivity contribution is 7.99. The van der Waals surface area contributed by atoms with Crippen LogP contribution in [0.25, 0.3) is 44.4 Å². The predicted octanol–water partition coefficient (Wildman–Crippen LogP) is 7.86. The highest BCUT2D eigenvalue weighted by atomic mass is 32.2. The average molecular weight is 847 g/mol. The Morgan fingerprint density at radius 2 is 1.18 bits per heavy atom. The van der Waals surface area contributed by atoms with Gasteiger partial charge in [0.25, 0.3) is 0 Å². The van der Waals surface area contributed by atoms with Crippen LogP contribution in [0.15, 0.2) is 73.1 Å². The van der Waals surface area contributed by atoms with Crippen LogP contribution in [0.3, 0.4) is 0 Å². The van der Waals surface area contributed by atoms with E-state index in [-0.39, 0.29) is 35.7 Å². The zero-order valence-electron chi connectivity index (χ0n) is 35.1. The van der Waals surface area contributed by atoms with Gasteiger partial charge in [0.05, 0.1) is 50.1 Å². The number of ether oxygens (including phenoxy) is 2. The fourth-order valence-corrected chi connectivity index (χ4v) is 10.2. The van der Waals surface area contributed by atoms with Gasteiger partial charge in [0, 0.05) is 18.7 Å². The zero-order valence-corrected chi connectivity index (χ0v) is 35.9. The molecule has 0 bridgehead atoms. The Morgan fingerprint density at radius 3 is 1.77 bits per heavy atom. The number of nitrogens with zero attached hydrogens (tertiary/aromatic N) is 4. The van der Waals surface area contributed by atoms with Gasteiger partial charge >= 0.3 is 12.2 Å². The second-order valence-corrected chi connectivity index (χ2v) is 17.7. The Balaban J connectivity index is 0.935. The molecule has 61 heavy (non-hydrogen) atoms. The van der Waals surface area contributed by atoms with Gasteiger partial charge in [-0.3, -0.25) is 9.59 Å². The Labute approximate surface area is 359 Å². The first-order valence-corrected chi connectivity index (χ1v) is 22.4. The lowest BCUT2D eigenvalue weighted by Gasteiger charge is -2.34. The number of fused-ring (bicyclic) bond motifs is 1. The van der Waals surface area contributed by atoms with Crippen molar-refractivity contribution in [2.75, 3.05) is 38.8 Å². The quantitative estimate of drug-likeness (QED) is 0.103. The Bertz CT molecular complexity index is 2370. The first-order valence-electron chi connectivity index (χ1n) is 21.2. The van der Waals surface area contributed by atoms with Crippen molar-refractivity contribution >= 4 is 46.5 Å². The van der Waals surface area contributed by atoms with E-state index in [1.807, 2.05) is 47.8 Å². The van der Waals surface area contributed by atoms with Crippen molar-refractivity contribution in [1.82, 2.24) is 40.4 Å². The fraction of sp³-hybridized carbons (Fsp3) is 0.435. The van der Waals surface area contributed by atoms with Crippen molar-refractivity contribution in [3.63, 3.8) is 0 Å². The molecule has 0 radical (unpaired) electrons. The summed E-state index contributed by atoms with van der Waals surface area (Å²) in [4.78, 5) is 72.1. The molecule has 8 rings (SSSR count). The number of hydrogen-bond acceptors (Lipinski definition) is 9. The maximum Gasteiger partial charge on any atom is 0.407 e. The summed E-state index contributed by atoms with van der Waals surface area (Å²) in [6.45, 7) is 5.03. The minimum absolute atomic E-state index is 0.0667. The highest BCUT2D eigenvalue weighted by Crippen LogP contribution is 2.37. The molecule has 3 fully saturated rings. The molecule has 5 heterocycles. The van der Waals surface area contributed by atoms with Gasteiger partial charge in [-0.05, 0) is 101 Å². The van der Waals surface area contributed by atoms with E-state index in [0.29, 0.717) is 13.1 Å². The first-order chi connectivity index (χ1) is 29.6. The number of likely N-dealkylation sites (tertiary alicyclic amines) is 2. The maximum atomic E-state index is 14.0. The lowest BCUT2D eigenvalue weighted by Crippen LogP contribution is -2.52. The number of amides is 4. The van der Waals surface area contributed by atoms with Crippen LogP contribution in [0.2, 0.25) is 0 Å². The van der Waals surface area contributed by atoms with Crippen LogP contribution in [0.1, 0.15) is 76.1 Å². The third-order valence-electron chi connectivity index (χ3n) is 12.4. The molecule has 3 aliphatic heterocycles. The molecule has 14 nitrogen and oxygen atoms in total. The summed E-state index contributed by atoms with van der Waals surface area (Å²) >= 11 is 1.89. The number of imidazole rings is 2. The molecule has 0 spiro atoms. The van der Waals surface area contributed by atoms with Crippen LogP contribution >= 0.6 is 11.8 Å². The topological polar surface area (TPSA) is 175 Å². The molecule has 0 saturated carbocycles. The maximum absolute atomic E-state index is 14.0. The van der Waals surface area contributed by atoms with Gasteiger partial charge in [-0.25, -0.2) is 19.6 Å². The summed E-state index contributed by atoms with van der Waals surface area (Å²) in [7, 11) is 2.62. The Morgan fingerprint density at radius 1 is 0.672 bits per heavy atom. The summed E-state index contributed by atoms with van der Waals surface area (Å²) in [5, 5.41) is 7.77. The highest BCUT2D eigenvalue weighted by Gasteiger charge is 2.40. The molecule has 2 aromatic heterocycles. The molecule has 5 aromatic rings. The summed E-state index contributed by atoms with van der Waals surface area (Å²) < 4.78 is 9.67. The number of aromatic amines is 2. The third kappa shape index (κ3) is 8.97.